The van der Waals surface area contributed by atoms with Crippen LogP contribution in [-0.2, 0) is 0 Å². The van der Waals surface area contributed by atoms with Crippen molar-refractivity contribution in [1.82, 2.24) is 0 Å². The molecule has 0 saturated heterocycles. The predicted octanol–water partition coefficient (Wildman–Crippen LogP) is 3.61. The third-order valence-electron chi connectivity index (χ3n) is 3.02. The molecule has 1 amide bonds. The van der Waals surface area contributed by atoms with Crippen molar-refractivity contribution in [2.45, 2.75) is 13.8 Å². The van der Waals surface area contributed by atoms with Crippen molar-refractivity contribution >= 4 is 33.2 Å². The second-order valence-electron chi connectivity index (χ2n) is 4.64. The molecule has 4 nitrogen and oxygen atoms in total. The molecule has 104 valence electrons. The minimum absolute atomic E-state index is 0.00796. The molecule has 0 bridgehead atoms. The van der Waals surface area contributed by atoms with Crippen LogP contribution in [0.2, 0.25) is 0 Å². The first-order valence-corrected chi connectivity index (χ1v) is 6.84. The number of aryl methyl sites for hydroxylation is 2. The lowest BCUT2D eigenvalue weighted by atomic mass is 10.1. The minimum Gasteiger partial charge on any atom is -0.508 e. The first kappa shape index (κ1) is 14.4. The lowest BCUT2D eigenvalue weighted by Crippen LogP contribution is -2.15. The highest BCUT2D eigenvalue weighted by Gasteiger charge is 2.13. The maximum absolute atomic E-state index is 12.3. The Balaban J connectivity index is 2.35. The summed E-state index contributed by atoms with van der Waals surface area (Å²) in [7, 11) is 0. The lowest BCUT2D eigenvalue weighted by Gasteiger charge is -2.13. The number of nitrogen functional groups attached to an aromatic ring is 1. The number of aromatic hydroxyl groups is 1. The lowest BCUT2D eigenvalue weighted by molar-refractivity contribution is 0.102. The Labute approximate surface area is 125 Å². The zero-order chi connectivity index (χ0) is 14.9. The van der Waals surface area contributed by atoms with E-state index in [4.69, 9.17) is 5.73 Å². The molecular weight excluding hydrogens is 320 g/mol. The van der Waals surface area contributed by atoms with Gasteiger partial charge in [-0.25, -0.2) is 0 Å². The molecule has 0 unspecified atom stereocenters. The number of phenolic OH excluding ortho intramolecular Hbond substituents is 1. The van der Waals surface area contributed by atoms with E-state index in [2.05, 4.69) is 21.2 Å². The Morgan fingerprint density at radius 3 is 2.40 bits per heavy atom. The maximum Gasteiger partial charge on any atom is 0.257 e. The average molecular weight is 335 g/mol. The molecule has 0 aliphatic heterocycles. The van der Waals surface area contributed by atoms with E-state index in [1.54, 1.807) is 0 Å². The van der Waals surface area contributed by atoms with E-state index in [1.807, 2.05) is 26.0 Å². The van der Waals surface area contributed by atoms with Crippen LogP contribution >= 0.6 is 15.9 Å². The summed E-state index contributed by atoms with van der Waals surface area (Å²) in [4.78, 5) is 12.3. The smallest absolute Gasteiger partial charge is 0.257 e. The van der Waals surface area contributed by atoms with Gasteiger partial charge in [0.25, 0.3) is 5.91 Å². The van der Waals surface area contributed by atoms with Crippen LogP contribution in [0.15, 0.2) is 34.8 Å². The van der Waals surface area contributed by atoms with E-state index < -0.39 is 0 Å². The van der Waals surface area contributed by atoms with Crippen molar-refractivity contribution in [1.29, 1.82) is 0 Å². The van der Waals surface area contributed by atoms with E-state index >= 15 is 0 Å². The maximum atomic E-state index is 12.3. The van der Waals surface area contributed by atoms with Crippen LogP contribution in [0.25, 0.3) is 0 Å². The number of nitrogens with two attached hydrogens (primary N) is 1. The van der Waals surface area contributed by atoms with Crippen LogP contribution in [-0.4, -0.2) is 11.0 Å². The number of carbonyl (C=O) groups is 1. The Bertz CT molecular complexity index is 661. The number of hydrogen-bond acceptors (Lipinski definition) is 3. The van der Waals surface area contributed by atoms with Gasteiger partial charge in [-0.1, -0.05) is 15.9 Å². The Kier molecular flexibility index (Phi) is 3.99. The molecule has 0 atom stereocenters. The van der Waals surface area contributed by atoms with Crippen molar-refractivity contribution in [2.24, 2.45) is 0 Å². The summed E-state index contributed by atoms with van der Waals surface area (Å²) in [5.41, 5.74) is 8.99. The molecule has 2 aromatic rings. The zero-order valence-corrected chi connectivity index (χ0v) is 12.8. The SMILES string of the molecule is Cc1cc(Br)cc(C)c1NC(=O)c1cc(O)ccc1N. The van der Waals surface area contributed by atoms with E-state index in [9.17, 15) is 9.90 Å². The number of carbonyl (C=O) groups excluding carboxylic acids is 1. The molecule has 0 aromatic heterocycles. The van der Waals surface area contributed by atoms with Gasteiger partial charge in [-0.2, -0.15) is 0 Å². The monoisotopic (exact) mass is 334 g/mol. The fourth-order valence-electron chi connectivity index (χ4n) is 2.03. The van der Waals surface area contributed by atoms with Crippen molar-refractivity contribution in [3.63, 3.8) is 0 Å². The third-order valence-corrected chi connectivity index (χ3v) is 3.48. The highest BCUT2D eigenvalue weighted by molar-refractivity contribution is 9.10. The van der Waals surface area contributed by atoms with Crippen molar-refractivity contribution in [3.8, 4) is 5.75 Å². The van der Waals surface area contributed by atoms with Gasteiger partial charge >= 0.3 is 0 Å². The number of rotatable bonds is 2. The molecule has 0 heterocycles. The normalized spacial score (nSPS) is 10.3. The highest BCUT2D eigenvalue weighted by Crippen LogP contribution is 2.26. The average Bonchev–Trinajstić information content (AvgIpc) is 2.36. The summed E-state index contributed by atoms with van der Waals surface area (Å²) >= 11 is 3.41. The van der Waals surface area contributed by atoms with Crippen LogP contribution < -0.4 is 11.1 Å². The summed E-state index contributed by atoms with van der Waals surface area (Å²) in [5, 5.41) is 12.3. The molecule has 0 aliphatic rings. The topological polar surface area (TPSA) is 75.3 Å². The summed E-state index contributed by atoms with van der Waals surface area (Å²) in [6, 6.07) is 8.16. The molecule has 0 spiro atoms. The van der Waals surface area contributed by atoms with Gasteiger partial charge in [0.05, 0.1) is 5.56 Å². The first-order valence-electron chi connectivity index (χ1n) is 6.05. The largest absolute Gasteiger partial charge is 0.508 e. The number of nitrogens with one attached hydrogen (secondary N) is 1. The molecular formula is C15H15BrN2O2. The van der Waals surface area contributed by atoms with Gasteiger partial charge < -0.3 is 16.2 Å². The van der Waals surface area contributed by atoms with Crippen LogP contribution in [0, 0.1) is 13.8 Å². The Hall–Kier alpha value is -2.01. The molecule has 0 radical (unpaired) electrons. The summed E-state index contributed by atoms with van der Waals surface area (Å²) in [5.74, 6) is -0.333. The Morgan fingerprint density at radius 1 is 1.20 bits per heavy atom. The van der Waals surface area contributed by atoms with Crippen molar-refractivity contribution in [2.75, 3.05) is 11.1 Å². The summed E-state index contributed by atoms with van der Waals surface area (Å²) in [6.45, 7) is 3.83. The summed E-state index contributed by atoms with van der Waals surface area (Å²) in [6.07, 6.45) is 0. The van der Waals surface area contributed by atoms with Gasteiger partial charge in [-0.15, -0.1) is 0 Å². The van der Waals surface area contributed by atoms with Crippen molar-refractivity contribution in [3.05, 3.63) is 51.5 Å². The van der Waals surface area contributed by atoms with Gasteiger partial charge in [0, 0.05) is 15.8 Å². The quantitative estimate of drug-likeness (QED) is 0.580. The molecule has 0 saturated carbocycles. The number of benzene rings is 2. The van der Waals surface area contributed by atoms with E-state index in [0.717, 1.165) is 21.3 Å². The first-order chi connectivity index (χ1) is 9.38. The second kappa shape index (κ2) is 5.54. The van der Waals surface area contributed by atoms with E-state index in [0.29, 0.717) is 5.69 Å². The fourth-order valence-corrected chi connectivity index (χ4v) is 2.72. The zero-order valence-electron chi connectivity index (χ0n) is 11.2. The summed E-state index contributed by atoms with van der Waals surface area (Å²) < 4.78 is 0.961. The number of halogens is 1. The molecule has 4 N–H and O–H groups in total. The Morgan fingerprint density at radius 2 is 1.80 bits per heavy atom. The van der Waals surface area contributed by atoms with E-state index in [1.165, 1.54) is 18.2 Å². The van der Waals surface area contributed by atoms with Crippen LogP contribution in [0.1, 0.15) is 21.5 Å². The number of anilines is 2. The van der Waals surface area contributed by atoms with Crippen LogP contribution in [0.5, 0.6) is 5.75 Å². The third kappa shape index (κ3) is 2.93. The predicted molar refractivity (Wildman–Crippen MR) is 84.1 cm³/mol. The van der Waals surface area contributed by atoms with Crippen LogP contribution in [0.3, 0.4) is 0 Å². The van der Waals surface area contributed by atoms with Gasteiger partial charge in [-0.05, 0) is 55.3 Å². The van der Waals surface area contributed by atoms with Gasteiger partial charge in [0.2, 0.25) is 0 Å². The number of phenols is 1. The highest BCUT2D eigenvalue weighted by atomic mass is 79.9. The second-order valence-corrected chi connectivity index (χ2v) is 5.56. The number of hydrogen-bond donors (Lipinski definition) is 3. The molecule has 2 rings (SSSR count). The molecule has 5 heteroatoms. The molecule has 2 aromatic carbocycles. The molecule has 0 aliphatic carbocycles. The standard InChI is InChI=1S/C15H15BrN2O2/c1-8-5-10(16)6-9(2)14(8)18-15(20)12-7-11(19)3-4-13(12)17/h3-7,19H,17H2,1-2H3,(H,18,20). The van der Waals surface area contributed by atoms with Gasteiger partial charge in [0.15, 0.2) is 0 Å². The fraction of sp³-hybridized carbons (Fsp3) is 0.133. The minimum atomic E-state index is -0.341. The van der Waals surface area contributed by atoms with Gasteiger partial charge in [-0.3, -0.25) is 4.79 Å². The van der Waals surface area contributed by atoms with E-state index in [-0.39, 0.29) is 17.2 Å². The molecule has 0 fully saturated rings. The number of amides is 1. The van der Waals surface area contributed by atoms with Crippen molar-refractivity contribution < 1.29 is 9.90 Å². The van der Waals surface area contributed by atoms with Crippen LogP contribution in [0.4, 0.5) is 11.4 Å². The molecule has 20 heavy (non-hydrogen) atoms. The van der Waals surface area contributed by atoms with Gasteiger partial charge in [0.1, 0.15) is 5.75 Å².